The summed E-state index contributed by atoms with van der Waals surface area (Å²) in [5.41, 5.74) is 0.551. The molecule has 6 heteroatoms. The van der Waals surface area contributed by atoms with Crippen LogP contribution < -0.4 is 10.9 Å². The molecule has 22 heavy (non-hydrogen) atoms. The Kier molecular flexibility index (Phi) is 4.11. The van der Waals surface area contributed by atoms with Crippen molar-refractivity contribution < 1.29 is 0 Å². The number of pyridine rings is 1. The second-order valence-electron chi connectivity index (χ2n) is 6.24. The first-order valence-corrected chi connectivity index (χ1v) is 7.83. The highest BCUT2D eigenvalue weighted by Gasteiger charge is 2.27. The minimum absolute atomic E-state index is 0.110. The molecule has 0 bridgehead atoms. The fourth-order valence-corrected chi connectivity index (χ4v) is 3.35. The van der Waals surface area contributed by atoms with Crippen molar-refractivity contribution in [3.63, 3.8) is 0 Å². The van der Waals surface area contributed by atoms with Gasteiger partial charge in [0.05, 0.1) is 5.39 Å². The molecule has 0 aliphatic heterocycles. The maximum atomic E-state index is 12.2. The molecular formula is C16H23N5O. The lowest BCUT2D eigenvalue weighted by Crippen LogP contribution is -2.45. The average Bonchev–Trinajstić information content (AvgIpc) is 2.53. The SMILES string of the molecule is CN(C)C1CCCC[C@H]1Nc1nn(C)c(=O)c2cccnc12. The zero-order valence-corrected chi connectivity index (χ0v) is 13.4. The van der Waals surface area contributed by atoms with E-state index >= 15 is 0 Å². The molecule has 3 rings (SSSR count). The van der Waals surface area contributed by atoms with E-state index in [1.54, 1.807) is 19.3 Å². The number of rotatable bonds is 3. The van der Waals surface area contributed by atoms with Crippen molar-refractivity contribution in [2.45, 2.75) is 37.8 Å². The maximum absolute atomic E-state index is 12.2. The average molecular weight is 301 g/mol. The minimum Gasteiger partial charge on any atom is -0.363 e. The summed E-state index contributed by atoms with van der Waals surface area (Å²) < 4.78 is 1.39. The Morgan fingerprint density at radius 2 is 2.09 bits per heavy atom. The summed E-state index contributed by atoms with van der Waals surface area (Å²) >= 11 is 0. The monoisotopic (exact) mass is 301 g/mol. The lowest BCUT2D eigenvalue weighted by Gasteiger charge is -2.36. The van der Waals surface area contributed by atoms with Crippen LogP contribution in [0.5, 0.6) is 0 Å². The highest BCUT2D eigenvalue weighted by atomic mass is 16.1. The third kappa shape index (κ3) is 2.70. The minimum atomic E-state index is -0.110. The number of aryl methyl sites for hydroxylation is 1. The summed E-state index contributed by atoms with van der Waals surface area (Å²) in [5.74, 6) is 0.705. The van der Waals surface area contributed by atoms with Crippen LogP contribution in [-0.2, 0) is 7.05 Å². The lowest BCUT2D eigenvalue weighted by atomic mass is 9.89. The summed E-state index contributed by atoms with van der Waals surface area (Å²) in [6.45, 7) is 0. The molecule has 0 aromatic carbocycles. The zero-order chi connectivity index (χ0) is 15.7. The van der Waals surface area contributed by atoms with Gasteiger partial charge in [-0.25, -0.2) is 4.68 Å². The van der Waals surface area contributed by atoms with E-state index in [0.29, 0.717) is 28.8 Å². The quantitative estimate of drug-likeness (QED) is 0.933. The third-order valence-electron chi connectivity index (χ3n) is 4.52. The Labute approximate surface area is 130 Å². The van der Waals surface area contributed by atoms with Gasteiger partial charge in [-0.05, 0) is 39.1 Å². The van der Waals surface area contributed by atoms with Crippen LogP contribution in [0.3, 0.4) is 0 Å². The van der Waals surface area contributed by atoms with Gasteiger partial charge in [0.2, 0.25) is 0 Å². The number of hydrogen-bond acceptors (Lipinski definition) is 5. The van der Waals surface area contributed by atoms with Crippen molar-refractivity contribution in [1.29, 1.82) is 0 Å². The molecule has 2 atom stereocenters. The van der Waals surface area contributed by atoms with Gasteiger partial charge in [-0.2, -0.15) is 5.10 Å². The molecule has 1 aliphatic carbocycles. The number of hydrogen-bond donors (Lipinski definition) is 1. The van der Waals surface area contributed by atoms with E-state index in [1.165, 1.54) is 23.9 Å². The van der Waals surface area contributed by atoms with E-state index in [4.69, 9.17) is 0 Å². The van der Waals surface area contributed by atoms with E-state index in [-0.39, 0.29) is 5.56 Å². The fraction of sp³-hybridized carbons (Fsp3) is 0.562. The zero-order valence-electron chi connectivity index (χ0n) is 13.4. The van der Waals surface area contributed by atoms with Crippen LogP contribution in [0, 0.1) is 0 Å². The molecule has 1 fully saturated rings. The summed E-state index contributed by atoms with van der Waals surface area (Å²) in [4.78, 5) is 18.8. The Hall–Kier alpha value is -1.95. The Balaban J connectivity index is 2.00. The van der Waals surface area contributed by atoms with Gasteiger partial charge in [0, 0.05) is 25.3 Å². The third-order valence-corrected chi connectivity index (χ3v) is 4.52. The van der Waals surface area contributed by atoms with Gasteiger partial charge >= 0.3 is 0 Å². The van der Waals surface area contributed by atoms with E-state index in [2.05, 4.69) is 34.4 Å². The van der Waals surface area contributed by atoms with Crippen LogP contribution in [0.1, 0.15) is 25.7 Å². The first kappa shape index (κ1) is 15.0. The van der Waals surface area contributed by atoms with E-state index < -0.39 is 0 Å². The van der Waals surface area contributed by atoms with E-state index in [1.807, 2.05) is 6.07 Å². The van der Waals surface area contributed by atoms with Crippen LogP contribution in [0.25, 0.3) is 10.9 Å². The number of nitrogens with zero attached hydrogens (tertiary/aromatic N) is 4. The Bertz CT molecular complexity index is 724. The number of nitrogens with one attached hydrogen (secondary N) is 1. The molecule has 2 aromatic heterocycles. The number of likely N-dealkylation sites (N-methyl/N-ethyl adjacent to an activating group) is 1. The second kappa shape index (κ2) is 6.04. The van der Waals surface area contributed by atoms with Gasteiger partial charge in [0.25, 0.3) is 5.56 Å². The van der Waals surface area contributed by atoms with Crippen molar-refractivity contribution in [2.24, 2.45) is 7.05 Å². The molecular weight excluding hydrogens is 278 g/mol. The first-order valence-electron chi connectivity index (χ1n) is 7.83. The second-order valence-corrected chi connectivity index (χ2v) is 6.24. The van der Waals surface area contributed by atoms with Gasteiger partial charge in [-0.15, -0.1) is 0 Å². The fourth-order valence-electron chi connectivity index (χ4n) is 3.35. The van der Waals surface area contributed by atoms with E-state index in [0.717, 1.165) is 6.42 Å². The van der Waals surface area contributed by atoms with Gasteiger partial charge in [-0.3, -0.25) is 9.78 Å². The molecule has 1 aliphatic rings. The molecule has 2 heterocycles. The number of aromatic nitrogens is 3. The molecule has 1 N–H and O–H groups in total. The lowest BCUT2D eigenvalue weighted by molar-refractivity contribution is 0.211. The topological polar surface area (TPSA) is 63.1 Å². The van der Waals surface area contributed by atoms with Gasteiger partial charge < -0.3 is 10.2 Å². The van der Waals surface area contributed by atoms with Crippen molar-refractivity contribution in [2.75, 3.05) is 19.4 Å². The van der Waals surface area contributed by atoms with Crippen molar-refractivity contribution in [1.82, 2.24) is 19.7 Å². The highest BCUT2D eigenvalue weighted by molar-refractivity contribution is 5.87. The summed E-state index contributed by atoms with van der Waals surface area (Å²) in [7, 11) is 5.93. The molecule has 0 amide bonds. The smallest absolute Gasteiger partial charge is 0.276 e. The van der Waals surface area contributed by atoms with Crippen LogP contribution in [0.4, 0.5) is 5.82 Å². The number of anilines is 1. The standard InChI is InChI=1S/C16H23N5O/c1-20(2)13-9-5-4-8-12(13)18-15-14-11(7-6-10-17-14)16(22)21(3)19-15/h6-7,10,12-13H,4-5,8-9H2,1-3H3,(H,18,19)/t12-,13?/m1/s1. The summed E-state index contributed by atoms with van der Waals surface area (Å²) in [6, 6.07) is 4.41. The van der Waals surface area contributed by atoms with Crippen LogP contribution in [0.15, 0.2) is 23.1 Å². The molecule has 0 radical (unpaired) electrons. The number of fused-ring (bicyclic) bond motifs is 1. The van der Waals surface area contributed by atoms with Crippen molar-refractivity contribution in [3.05, 3.63) is 28.7 Å². The molecule has 0 spiro atoms. The van der Waals surface area contributed by atoms with Gasteiger partial charge in [0.15, 0.2) is 5.82 Å². The van der Waals surface area contributed by atoms with Crippen molar-refractivity contribution in [3.8, 4) is 0 Å². The van der Waals surface area contributed by atoms with Crippen LogP contribution in [-0.4, -0.2) is 45.8 Å². The molecule has 2 aromatic rings. The maximum Gasteiger partial charge on any atom is 0.276 e. The Morgan fingerprint density at radius 1 is 1.32 bits per heavy atom. The normalized spacial score (nSPS) is 22.2. The molecule has 118 valence electrons. The van der Waals surface area contributed by atoms with E-state index in [9.17, 15) is 4.79 Å². The first-order chi connectivity index (χ1) is 10.6. The van der Waals surface area contributed by atoms with Gasteiger partial charge in [-0.1, -0.05) is 12.8 Å². The highest BCUT2D eigenvalue weighted by Crippen LogP contribution is 2.26. The predicted molar refractivity (Wildman–Crippen MR) is 88.1 cm³/mol. The van der Waals surface area contributed by atoms with Crippen molar-refractivity contribution >= 4 is 16.7 Å². The molecule has 0 saturated heterocycles. The predicted octanol–water partition coefficient (Wildman–Crippen LogP) is 1.61. The molecule has 1 unspecified atom stereocenters. The Morgan fingerprint density at radius 3 is 2.86 bits per heavy atom. The van der Waals surface area contributed by atoms with Gasteiger partial charge in [0.1, 0.15) is 5.52 Å². The van der Waals surface area contributed by atoms with Crippen LogP contribution in [0.2, 0.25) is 0 Å². The summed E-state index contributed by atoms with van der Waals surface area (Å²) in [6.07, 6.45) is 6.49. The molecule has 1 saturated carbocycles. The molecule has 6 nitrogen and oxygen atoms in total. The van der Waals surface area contributed by atoms with Crippen LogP contribution >= 0.6 is 0 Å². The summed E-state index contributed by atoms with van der Waals surface area (Å²) in [5, 5.41) is 8.56. The largest absolute Gasteiger partial charge is 0.363 e.